The minimum absolute atomic E-state index is 0.0456. The molecule has 27 heavy (non-hydrogen) atoms. The molecule has 148 valence electrons. The molecule has 0 bridgehead atoms. The minimum Gasteiger partial charge on any atom is -0.406 e. The Hall–Kier alpha value is -1.76. The van der Waals surface area contributed by atoms with Crippen LogP contribution in [0.4, 0.5) is 13.2 Å². The van der Waals surface area contributed by atoms with E-state index in [0.29, 0.717) is 18.8 Å². The molecule has 2 saturated carbocycles. The van der Waals surface area contributed by atoms with Gasteiger partial charge in [0.05, 0.1) is 5.60 Å². The molecule has 0 radical (unpaired) electrons. The lowest BCUT2D eigenvalue weighted by Gasteiger charge is -2.52. The van der Waals surface area contributed by atoms with Crippen molar-refractivity contribution in [2.45, 2.75) is 56.9 Å². The van der Waals surface area contributed by atoms with E-state index in [0.717, 1.165) is 37.9 Å². The number of alkyl halides is 3. The van der Waals surface area contributed by atoms with E-state index >= 15 is 0 Å². The van der Waals surface area contributed by atoms with E-state index < -0.39 is 12.0 Å². The number of carbonyl (C=O) groups excluding carboxylic acids is 1. The predicted molar refractivity (Wildman–Crippen MR) is 92.1 cm³/mol. The van der Waals surface area contributed by atoms with Crippen molar-refractivity contribution in [1.29, 1.82) is 0 Å². The van der Waals surface area contributed by atoms with E-state index in [9.17, 15) is 23.1 Å². The molecule has 2 aliphatic carbocycles. The van der Waals surface area contributed by atoms with Gasteiger partial charge >= 0.3 is 6.36 Å². The molecule has 0 unspecified atom stereocenters. The van der Waals surface area contributed by atoms with Crippen molar-refractivity contribution >= 4 is 5.91 Å². The number of hydrogen-bond acceptors (Lipinski definition) is 3. The highest BCUT2D eigenvalue weighted by atomic mass is 19.4. The first-order valence-corrected chi connectivity index (χ1v) is 9.41. The summed E-state index contributed by atoms with van der Waals surface area (Å²) in [6.07, 6.45) is -0.605. The Bertz CT molecular complexity index is 715. The van der Waals surface area contributed by atoms with Gasteiger partial charge in [0.2, 0.25) is 5.91 Å². The average Bonchev–Trinajstić information content (AvgIpc) is 2.95. The van der Waals surface area contributed by atoms with Gasteiger partial charge in [0.1, 0.15) is 5.75 Å². The van der Waals surface area contributed by atoms with E-state index in [1.807, 2.05) is 4.90 Å². The van der Waals surface area contributed by atoms with Crippen molar-refractivity contribution in [3.63, 3.8) is 0 Å². The summed E-state index contributed by atoms with van der Waals surface area (Å²) < 4.78 is 40.7. The zero-order valence-electron chi connectivity index (χ0n) is 15.3. The van der Waals surface area contributed by atoms with Crippen molar-refractivity contribution in [3.8, 4) is 5.75 Å². The second-order valence-electron chi connectivity index (χ2n) is 8.85. The molecule has 7 heteroatoms. The summed E-state index contributed by atoms with van der Waals surface area (Å²) in [6, 6.07) is 6.16. The van der Waals surface area contributed by atoms with Crippen LogP contribution >= 0.6 is 0 Å². The molecule has 1 heterocycles. The Kier molecular flexibility index (Phi) is 4.22. The molecule has 1 aliphatic heterocycles. The largest absolute Gasteiger partial charge is 0.573 e. The maximum absolute atomic E-state index is 12.4. The molecular formula is C20H24F3NO3. The number of carbonyl (C=O) groups is 1. The molecule has 4 rings (SSSR count). The molecule has 3 aliphatic rings. The van der Waals surface area contributed by atoms with E-state index in [1.165, 1.54) is 12.1 Å². The normalized spacial score (nSPS) is 32.1. The zero-order valence-corrected chi connectivity index (χ0v) is 15.3. The van der Waals surface area contributed by atoms with E-state index in [2.05, 4.69) is 4.74 Å². The summed E-state index contributed by atoms with van der Waals surface area (Å²) in [5.74, 6) is 0.224. The number of ether oxygens (including phenoxy) is 1. The quantitative estimate of drug-likeness (QED) is 0.863. The van der Waals surface area contributed by atoms with Crippen molar-refractivity contribution in [3.05, 3.63) is 29.8 Å². The van der Waals surface area contributed by atoms with Crippen LogP contribution in [0.2, 0.25) is 0 Å². The monoisotopic (exact) mass is 383 g/mol. The summed E-state index contributed by atoms with van der Waals surface area (Å²) in [4.78, 5) is 14.4. The van der Waals surface area contributed by atoms with Gasteiger partial charge < -0.3 is 14.7 Å². The first kappa shape index (κ1) is 18.6. The summed E-state index contributed by atoms with van der Waals surface area (Å²) in [5, 5.41) is 9.81. The smallest absolute Gasteiger partial charge is 0.406 e. The molecule has 1 N–H and O–H groups in total. The third kappa shape index (κ3) is 3.79. The van der Waals surface area contributed by atoms with Crippen LogP contribution in [0.25, 0.3) is 0 Å². The predicted octanol–water partition coefficient (Wildman–Crippen LogP) is 3.84. The Morgan fingerprint density at radius 2 is 1.81 bits per heavy atom. The van der Waals surface area contributed by atoms with Crippen LogP contribution in [-0.4, -0.2) is 41.0 Å². The van der Waals surface area contributed by atoms with Gasteiger partial charge in [-0.2, -0.15) is 0 Å². The molecule has 1 atom stereocenters. The fourth-order valence-corrected chi connectivity index (χ4v) is 5.07. The third-order valence-corrected chi connectivity index (χ3v) is 6.37. The van der Waals surface area contributed by atoms with Crippen molar-refractivity contribution in [2.75, 3.05) is 13.1 Å². The molecule has 1 spiro atoms. The van der Waals surface area contributed by atoms with Gasteiger partial charge in [0.15, 0.2) is 0 Å². The second-order valence-corrected chi connectivity index (χ2v) is 8.85. The van der Waals surface area contributed by atoms with Gasteiger partial charge in [-0.3, -0.25) is 4.79 Å². The highest BCUT2D eigenvalue weighted by Gasteiger charge is 2.53. The number of benzene rings is 1. The van der Waals surface area contributed by atoms with Gasteiger partial charge in [-0.15, -0.1) is 13.2 Å². The van der Waals surface area contributed by atoms with Gasteiger partial charge in [0.25, 0.3) is 0 Å². The molecule has 1 aromatic rings. The van der Waals surface area contributed by atoms with Crippen LogP contribution in [0.15, 0.2) is 24.3 Å². The van der Waals surface area contributed by atoms with Crippen LogP contribution < -0.4 is 4.74 Å². The van der Waals surface area contributed by atoms with Gasteiger partial charge in [0, 0.05) is 24.4 Å². The molecule has 1 aromatic carbocycles. The number of nitrogens with zero attached hydrogens (tertiary/aromatic N) is 1. The Morgan fingerprint density at radius 3 is 2.37 bits per heavy atom. The number of amides is 1. The van der Waals surface area contributed by atoms with Gasteiger partial charge in [-0.05, 0) is 62.6 Å². The maximum Gasteiger partial charge on any atom is 0.573 e. The lowest BCUT2D eigenvalue weighted by molar-refractivity contribution is -0.274. The first-order chi connectivity index (χ1) is 12.5. The van der Waals surface area contributed by atoms with Crippen LogP contribution in [0.5, 0.6) is 5.75 Å². The highest BCUT2D eigenvalue weighted by molar-refractivity contribution is 5.81. The van der Waals surface area contributed by atoms with Gasteiger partial charge in [-0.25, -0.2) is 0 Å². The van der Waals surface area contributed by atoms with E-state index in [-0.39, 0.29) is 23.0 Å². The van der Waals surface area contributed by atoms with Gasteiger partial charge in [-0.1, -0.05) is 12.1 Å². The lowest BCUT2D eigenvalue weighted by atomic mass is 9.69. The van der Waals surface area contributed by atoms with Crippen LogP contribution in [-0.2, 0) is 4.79 Å². The Balaban J connectivity index is 1.30. The summed E-state index contributed by atoms with van der Waals surface area (Å²) in [5.41, 5.74) is 0.484. The Morgan fingerprint density at radius 1 is 1.19 bits per heavy atom. The van der Waals surface area contributed by atoms with Crippen molar-refractivity contribution < 1.29 is 27.8 Å². The van der Waals surface area contributed by atoms with Crippen LogP contribution in [0.1, 0.15) is 50.5 Å². The Labute approximate surface area is 156 Å². The number of hydrogen-bond donors (Lipinski definition) is 1. The lowest BCUT2D eigenvalue weighted by Crippen LogP contribution is -2.61. The maximum atomic E-state index is 12.4. The molecule has 1 amide bonds. The SMILES string of the molecule is CC1(O)CC(C(=O)N2CC3(CC[C@@H](c4ccc(OC(F)(F)F)cc4)C3)C2)C1. The third-order valence-electron chi connectivity index (χ3n) is 6.37. The zero-order chi connectivity index (χ0) is 19.4. The van der Waals surface area contributed by atoms with Crippen LogP contribution in [0.3, 0.4) is 0 Å². The molecule has 4 nitrogen and oxygen atoms in total. The molecule has 3 fully saturated rings. The topological polar surface area (TPSA) is 49.8 Å². The fourth-order valence-electron chi connectivity index (χ4n) is 5.07. The fraction of sp³-hybridized carbons (Fsp3) is 0.650. The van der Waals surface area contributed by atoms with E-state index in [1.54, 1.807) is 19.1 Å². The number of rotatable bonds is 3. The first-order valence-electron chi connectivity index (χ1n) is 9.41. The summed E-state index contributed by atoms with van der Waals surface area (Å²) in [6.45, 7) is 3.29. The number of halogens is 3. The highest BCUT2D eigenvalue weighted by Crippen LogP contribution is 2.53. The van der Waals surface area contributed by atoms with Crippen LogP contribution in [0, 0.1) is 11.3 Å². The average molecular weight is 383 g/mol. The summed E-state index contributed by atoms with van der Waals surface area (Å²) >= 11 is 0. The minimum atomic E-state index is -4.67. The standard InChI is InChI=1S/C20H24F3NO3/c1-18(26)8-15(9-18)17(25)24-11-19(12-24)7-6-14(10-19)13-2-4-16(5-3-13)27-20(21,22)23/h2-5,14-15,26H,6-12H2,1H3/t14-,15?,18?/m1/s1. The second kappa shape index (κ2) is 6.12. The van der Waals surface area contributed by atoms with E-state index in [4.69, 9.17) is 0 Å². The molecular weight excluding hydrogens is 359 g/mol. The number of aliphatic hydroxyl groups is 1. The van der Waals surface area contributed by atoms with Crippen molar-refractivity contribution in [1.82, 2.24) is 4.90 Å². The summed E-state index contributed by atoms with van der Waals surface area (Å²) in [7, 11) is 0. The number of likely N-dealkylation sites (tertiary alicyclic amines) is 1. The molecule has 1 saturated heterocycles. The van der Waals surface area contributed by atoms with Crippen molar-refractivity contribution in [2.24, 2.45) is 11.3 Å². The molecule has 0 aromatic heterocycles.